The van der Waals surface area contributed by atoms with E-state index in [1.807, 2.05) is 0 Å². The summed E-state index contributed by atoms with van der Waals surface area (Å²) in [7, 11) is 1.61. The first kappa shape index (κ1) is 13.9. The Morgan fingerprint density at radius 2 is 1.62 bits per heavy atom. The minimum absolute atomic E-state index is 0.0183. The van der Waals surface area contributed by atoms with E-state index in [2.05, 4.69) is 46.4 Å². The van der Waals surface area contributed by atoms with E-state index < -0.39 is 6.17 Å². The smallest absolute Gasteiger partial charge is 0.140 e. The molecule has 0 saturated carbocycles. The molecule has 1 aliphatic heterocycles. The highest BCUT2D eigenvalue weighted by Gasteiger charge is 2.51. The Bertz CT molecular complexity index is 241. The van der Waals surface area contributed by atoms with Gasteiger partial charge in [-0.1, -0.05) is 20.8 Å². The predicted octanol–water partition coefficient (Wildman–Crippen LogP) is 2.87. The third-order valence-electron chi connectivity index (χ3n) is 3.40. The number of hydrogen-bond acceptors (Lipinski definition) is 2. The molecule has 0 amide bonds. The molecule has 1 saturated heterocycles. The molecule has 1 aliphatic rings. The number of hydrogen-bond donors (Lipinski definition) is 0. The molecule has 3 atom stereocenters. The molecule has 0 radical (unpaired) electrons. The minimum atomic E-state index is -0.881. The van der Waals surface area contributed by atoms with Crippen molar-refractivity contribution in [2.45, 2.75) is 65.4 Å². The fourth-order valence-corrected chi connectivity index (χ4v) is 2.71. The summed E-state index contributed by atoms with van der Waals surface area (Å²) in [5, 5.41) is 0. The Labute approximate surface area is 99.2 Å². The van der Waals surface area contributed by atoms with Gasteiger partial charge in [0, 0.05) is 25.2 Å². The zero-order valence-corrected chi connectivity index (χ0v) is 11.7. The van der Waals surface area contributed by atoms with Crippen LogP contribution < -0.4 is 0 Å². The monoisotopic (exact) mass is 231 g/mol. The molecule has 0 aromatic heterocycles. The van der Waals surface area contributed by atoms with Crippen LogP contribution in [0.4, 0.5) is 4.39 Å². The Kier molecular flexibility index (Phi) is 3.71. The van der Waals surface area contributed by atoms with Gasteiger partial charge in [0.2, 0.25) is 0 Å². The van der Waals surface area contributed by atoms with E-state index in [9.17, 15) is 4.39 Å². The van der Waals surface area contributed by atoms with Crippen LogP contribution in [0.25, 0.3) is 0 Å². The van der Waals surface area contributed by atoms with Crippen LogP contribution in [0.5, 0.6) is 0 Å². The number of ether oxygens (including phenoxy) is 1. The molecule has 0 aliphatic carbocycles. The normalized spacial score (nSPS) is 33.4. The largest absolute Gasteiger partial charge is 0.377 e. The van der Waals surface area contributed by atoms with Crippen molar-refractivity contribution in [1.29, 1.82) is 0 Å². The SMILES string of the molecule is CO[C@H]1[C@H](F)CN(C(C)(C)C)[C@@H]1C(C)(C)C. The second-order valence-corrected chi connectivity index (χ2v) is 6.85. The topological polar surface area (TPSA) is 12.5 Å². The molecule has 1 rings (SSSR count). The van der Waals surface area contributed by atoms with Gasteiger partial charge in [-0.3, -0.25) is 4.90 Å². The van der Waals surface area contributed by atoms with E-state index in [-0.39, 0.29) is 23.1 Å². The van der Waals surface area contributed by atoms with Crippen molar-refractivity contribution in [2.24, 2.45) is 5.41 Å². The minimum Gasteiger partial charge on any atom is -0.377 e. The van der Waals surface area contributed by atoms with Crippen LogP contribution in [0.15, 0.2) is 0 Å². The van der Waals surface area contributed by atoms with E-state index in [0.717, 1.165) is 0 Å². The molecule has 0 N–H and O–H groups in total. The van der Waals surface area contributed by atoms with E-state index in [1.54, 1.807) is 7.11 Å². The molecule has 1 fully saturated rings. The van der Waals surface area contributed by atoms with Crippen LogP contribution in [0.2, 0.25) is 0 Å². The Balaban J connectivity index is 3.03. The Morgan fingerprint density at radius 1 is 1.12 bits per heavy atom. The lowest BCUT2D eigenvalue weighted by Gasteiger charge is -2.44. The lowest BCUT2D eigenvalue weighted by Crippen LogP contribution is -2.53. The average molecular weight is 231 g/mol. The molecule has 0 bridgehead atoms. The maximum atomic E-state index is 14.0. The summed E-state index contributed by atoms with van der Waals surface area (Å²) in [4.78, 5) is 2.24. The van der Waals surface area contributed by atoms with E-state index >= 15 is 0 Å². The van der Waals surface area contributed by atoms with Crippen molar-refractivity contribution in [3.8, 4) is 0 Å². The Hall–Kier alpha value is -0.150. The van der Waals surface area contributed by atoms with Crippen LogP contribution in [-0.2, 0) is 4.74 Å². The Morgan fingerprint density at radius 3 is 1.94 bits per heavy atom. The number of likely N-dealkylation sites (tertiary alicyclic amines) is 1. The summed E-state index contributed by atoms with van der Waals surface area (Å²) >= 11 is 0. The van der Waals surface area contributed by atoms with Gasteiger partial charge in [-0.05, 0) is 26.2 Å². The van der Waals surface area contributed by atoms with Crippen molar-refractivity contribution in [3.63, 3.8) is 0 Å². The number of methoxy groups -OCH3 is 1. The molecular formula is C13H26FNO. The molecule has 0 spiro atoms. The van der Waals surface area contributed by atoms with Crippen LogP contribution in [-0.4, -0.2) is 42.4 Å². The first-order chi connectivity index (χ1) is 7.09. The number of nitrogens with zero attached hydrogens (tertiary/aromatic N) is 1. The van der Waals surface area contributed by atoms with Gasteiger partial charge < -0.3 is 4.74 Å². The second-order valence-electron chi connectivity index (χ2n) is 6.85. The highest BCUT2D eigenvalue weighted by Crippen LogP contribution is 2.39. The quantitative estimate of drug-likeness (QED) is 0.688. The molecule has 2 nitrogen and oxygen atoms in total. The lowest BCUT2D eigenvalue weighted by molar-refractivity contribution is -0.0257. The van der Waals surface area contributed by atoms with Crippen LogP contribution in [0.1, 0.15) is 41.5 Å². The second kappa shape index (κ2) is 4.26. The summed E-state index contributed by atoms with van der Waals surface area (Å²) < 4.78 is 19.4. The van der Waals surface area contributed by atoms with Crippen molar-refractivity contribution in [1.82, 2.24) is 4.90 Å². The summed E-state index contributed by atoms with van der Waals surface area (Å²) in [6.45, 7) is 13.3. The fraction of sp³-hybridized carbons (Fsp3) is 1.00. The number of alkyl halides is 1. The zero-order chi connectivity index (χ0) is 12.7. The first-order valence-corrected chi connectivity index (χ1v) is 6.02. The molecule has 3 heteroatoms. The highest BCUT2D eigenvalue weighted by atomic mass is 19.1. The fourth-order valence-electron chi connectivity index (χ4n) is 2.71. The molecule has 0 aromatic carbocycles. The third-order valence-corrected chi connectivity index (χ3v) is 3.40. The average Bonchev–Trinajstić information content (AvgIpc) is 2.40. The van der Waals surface area contributed by atoms with E-state index in [4.69, 9.17) is 4.74 Å². The van der Waals surface area contributed by atoms with Gasteiger partial charge in [0.15, 0.2) is 0 Å². The number of halogens is 1. The zero-order valence-electron chi connectivity index (χ0n) is 11.7. The van der Waals surface area contributed by atoms with Gasteiger partial charge in [-0.2, -0.15) is 0 Å². The lowest BCUT2D eigenvalue weighted by atomic mass is 9.82. The molecule has 16 heavy (non-hydrogen) atoms. The molecule has 1 heterocycles. The standard InChI is InChI=1S/C13H26FNO/c1-12(2,3)11-10(16-7)9(14)8-15(11)13(4,5)6/h9-11H,8H2,1-7H3/t9-,10+,11+/m1/s1. The van der Waals surface area contributed by atoms with Gasteiger partial charge in [0.1, 0.15) is 12.3 Å². The molecule has 96 valence electrons. The third kappa shape index (κ3) is 2.57. The van der Waals surface area contributed by atoms with Crippen LogP contribution >= 0.6 is 0 Å². The molecular weight excluding hydrogens is 205 g/mol. The van der Waals surface area contributed by atoms with Gasteiger partial charge in [-0.15, -0.1) is 0 Å². The van der Waals surface area contributed by atoms with Crippen molar-refractivity contribution in [2.75, 3.05) is 13.7 Å². The van der Waals surface area contributed by atoms with E-state index in [0.29, 0.717) is 6.54 Å². The van der Waals surface area contributed by atoms with Gasteiger partial charge in [0.05, 0.1) is 0 Å². The van der Waals surface area contributed by atoms with Gasteiger partial charge in [0.25, 0.3) is 0 Å². The van der Waals surface area contributed by atoms with Gasteiger partial charge in [-0.25, -0.2) is 4.39 Å². The van der Waals surface area contributed by atoms with Gasteiger partial charge >= 0.3 is 0 Å². The first-order valence-electron chi connectivity index (χ1n) is 6.02. The van der Waals surface area contributed by atoms with Crippen molar-refractivity contribution in [3.05, 3.63) is 0 Å². The van der Waals surface area contributed by atoms with Crippen LogP contribution in [0.3, 0.4) is 0 Å². The molecule has 0 aromatic rings. The maximum Gasteiger partial charge on any atom is 0.140 e. The number of rotatable bonds is 1. The highest BCUT2D eigenvalue weighted by molar-refractivity contribution is 5.03. The van der Waals surface area contributed by atoms with Crippen molar-refractivity contribution >= 4 is 0 Å². The van der Waals surface area contributed by atoms with Crippen molar-refractivity contribution < 1.29 is 9.13 Å². The summed E-state index contributed by atoms with van der Waals surface area (Å²) in [5.74, 6) is 0. The van der Waals surface area contributed by atoms with Crippen LogP contribution in [0, 0.1) is 5.41 Å². The predicted molar refractivity (Wildman–Crippen MR) is 65.4 cm³/mol. The summed E-state index contributed by atoms with van der Waals surface area (Å²) in [5.41, 5.74) is 0.00433. The summed E-state index contributed by atoms with van der Waals surface area (Å²) in [6.07, 6.45) is -1.19. The molecule has 0 unspecified atom stereocenters. The maximum absolute atomic E-state index is 14.0. The summed E-state index contributed by atoms with van der Waals surface area (Å²) in [6, 6.07) is 0.132. The van der Waals surface area contributed by atoms with E-state index in [1.165, 1.54) is 0 Å².